The maximum Gasteiger partial charge on any atom is 0.258 e. The van der Waals surface area contributed by atoms with E-state index in [1.165, 1.54) is 5.57 Å². The van der Waals surface area contributed by atoms with Gasteiger partial charge in [-0.25, -0.2) is 4.98 Å². The molecular weight excluding hydrogens is 238 g/mol. The molecule has 1 aromatic heterocycles. The highest BCUT2D eigenvalue weighted by Crippen LogP contribution is 2.06. The summed E-state index contributed by atoms with van der Waals surface area (Å²) in [5.41, 5.74) is 1.96. The van der Waals surface area contributed by atoms with Gasteiger partial charge in [-0.05, 0) is 33.0 Å². The van der Waals surface area contributed by atoms with Crippen molar-refractivity contribution in [3.63, 3.8) is 0 Å². The second-order valence-electron chi connectivity index (χ2n) is 5.01. The summed E-state index contributed by atoms with van der Waals surface area (Å²) in [4.78, 5) is 21.4. The van der Waals surface area contributed by atoms with Gasteiger partial charge in [-0.2, -0.15) is 0 Å². The number of hydrogen-bond acceptors (Lipinski definition) is 3. The van der Waals surface area contributed by atoms with Crippen LogP contribution in [0.25, 0.3) is 10.9 Å². The Morgan fingerprint density at radius 3 is 2.84 bits per heavy atom. The molecule has 1 N–H and O–H groups in total. The average Bonchev–Trinajstić information content (AvgIpc) is 2.36. The van der Waals surface area contributed by atoms with Gasteiger partial charge in [0.1, 0.15) is 5.82 Å². The van der Waals surface area contributed by atoms with Crippen molar-refractivity contribution < 1.29 is 0 Å². The lowest BCUT2D eigenvalue weighted by Crippen LogP contribution is -2.22. The fourth-order valence-corrected chi connectivity index (χ4v) is 1.87. The van der Waals surface area contributed by atoms with Crippen LogP contribution in [0.3, 0.4) is 0 Å². The van der Waals surface area contributed by atoms with Crippen LogP contribution in [-0.2, 0) is 6.54 Å². The number of aromatic nitrogens is 2. The van der Waals surface area contributed by atoms with Gasteiger partial charge in [0.2, 0.25) is 0 Å². The third-order valence-electron chi connectivity index (χ3n) is 2.89. The third-order valence-corrected chi connectivity index (χ3v) is 2.89. The first-order valence-electron chi connectivity index (χ1n) is 6.36. The van der Waals surface area contributed by atoms with Crippen LogP contribution in [-0.4, -0.2) is 28.5 Å². The summed E-state index contributed by atoms with van der Waals surface area (Å²) in [5.74, 6) is 0.702. The standard InChI is InChI=1S/C15H19N3O/c1-11(2)8-9-18(3)10-14-16-13-7-5-4-6-12(13)15(19)17-14/h4-8H,9-10H2,1-3H3,(H,16,17,19). The zero-order chi connectivity index (χ0) is 13.8. The molecule has 4 nitrogen and oxygen atoms in total. The molecule has 0 atom stereocenters. The van der Waals surface area contributed by atoms with Crippen molar-refractivity contribution in [1.82, 2.24) is 14.9 Å². The Kier molecular flexibility index (Phi) is 4.12. The number of benzene rings is 1. The van der Waals surface area contributed by atoms with Crippen LogP contribution in [0.5, 0.6) is 0 Å². The van der Waals surface area contributed by atoms with Gasteiger partial charge in [-0.15, -0.1) is 0 Å². The molecule has 0 aliphatic heterocycles. The van der Waals surface area contributed by atoms with Gasteiger partial charge in [0.25, 0.3) is 5.56 Å². The molecule has 1 aromatic carbocycles. The molecule has 0 bridgehead atoms. The van der Waals surface area contributed by atoms with E-state index in [9.17, 15) is 4.79 Å². The number of aromatic amines is 1. The summed E-state index contributed by atoms with van der Waals surface area (Å²) in [7, 11) is 2.01. The summed E-state index contributed by atoms with van der Waals surface area (Å²) in [5, 5.41) is 0.637. The molecule has 100 valence electrons. The van der Waals surface area contributed by atoms with Crippen molar-refractivity contribution in [2.24, 2.45) is 0 Å². The molecular formula is C15H19N3O. The summed E-state index contributed by atoms with van der Waals surface area (Å²) in [6.45, 7) is 5.62. The predicted octanol–water partition coefficient (Wildman–Crippen LogP) is 2.32. The monoisotopic (exact) mass is 257 g/mol. The van der Waals surface area contributed by atoms with E-state index in [0.717, 1.165) is 12.1 Å². The van der Waals surface area contributed by atoms with E-state index < -0.39 is 0 Å². The lowest BCUT2D eigenvalue weighted by Gasteiger charge is -2.14. The summed E-state index contributed by atoms with van der Waals surface area (Å²) in [6.07, 6.45) is 2.15. The van der Waals surface area contributed by atoms with Gasteiger partial charge in [0.15, 0.2) is 0 Å². The van der Waals surface area contributed by atoms with Crippen LogP contribution in [0.1, 0.15) is 19.7 Å². The second kappa shape index (κ2) is 5.80. The molecule has 2 rings (SSSR count). The van der Waals surface area contributed by atoms with E-state index in [2.05, 4.69) is 34.8 Å². The number of H-pyrrole nitrogens is 1. The summed E-state index contributed by atoms with van der Waals surface area (Å²) in [6, 6.07) is 7.40. The SMILES string of the molecule is CC(C)=CCN(C)Cc1nc2ccccc2c(=O)[nH]1. The van der Waals surface area contributed by atoms with Crippen LogP contribution in [0.4, 0.5) is 0 Å². The molecule has 0 saturated carbocycles. The fourth-order valence-electron chi connectivity index (χ4n) is 1.87. The number of para-hydroxylation sites is 1. The van der Waals surface area contributed by atoms with E-state index in [1.807, 2.05) is 25.2 Å². The molecule has 0 amide bonds. The Morgan fingerprint density at radius 1 is 1.37 bits per heavy atom. The number of hydrogen-bond donors (Lipinski definition) is 1. The number of nitrogens with one attached hydrogen (secondary N) is 1. The number of nitrogens with zero attached hydrogens (tertiary/aromatic N) is 2. The number of fused-ring (bicyclic) bond motifs is 1. The van der Waals surface area contributed by atoms with Gasteiger partial charge < -0.3 is 4.98 Å². The Bertz CT molecular complexity index is 654. The smallest absolute Gasteiger partial charge is 0.258 e. The molecule has 0 spiro atoms. The fraction of sp³-hybridized carbons (Fsp3) is 0.333. The number of allylic oxidation sites excluding steroid dienone is 1. The van der Waals surface area contributed by atoms with Crippen molar-refractivity contribution in [2.45, 2.75) is 20.4 Å². The molecule has 0 unspecified atom stereocenters. The Morgan fingerprint density at radius 2 is 2.11 bits per heavy atom. The first kappa shape index (κ1) is 13.5. The van der Waals surface area contributed by atoms with Crippen molar-refractivity contribution in [3.8, 4) is 0 Å². The van der Waals surface area contributed by atoms with E-state index in [-0.39, 0.29) is 5.56 Å². The Labute approximate surface area is 112 Å². The highest BCUT2D eigenvalue weighted by molar-refractivity contribution is 5.77. The van der Waals surface area contributed by atoms with Crippen LogP contribution in [0.15, 0.2) is 40.7 Å². The highest BCUT2D eigenvalue weighted by Gasteiger charge is 2.05. The van der Waals surface area contributed by atoms with E-state index in [1.54, 1.807) is 6.07 Å². The van der Waals surface area contributed by atoms with Crippen molar-refractivity contribution in [2.75, 3.05) is 13.6 Å². The molecule has 0 fully saturated rings. The Hall–Kier alpha value is -1.94. The molecule has 0 aliphatic carbocycles. The van der Waals surface area contributed by atoms with Crippen LogP contribution in [0, 0.1) is 0 Å². The normalized spacial score (nSPS) is 10.9. The van der Waals surface area contributed by atoms with Gasteiger partial charge in [0.05, 0.1) is 17.4 Å². The largest absolute Gasteiger partial charge is 0.309 e. The number of likely N-dealkylation sites (N-methyl/N-ethyl adjacent to an activating group) is 1. The van der Waals surface area contributed by atoms with Crippen molar-refractivity contribution in [1.29, 1.82) is 0 Å². The topological polar surface area (TPSA) is 49.0 Å². The maximum atomic E-state index is 11.9. The summed E-state index contributed by atoms with van der Waals surface area (Å²) < 4.78 is 0. The maximum absolute atomic E-state index is 11.9. The Balaban J connectivity index is 2.22. The molecule has 0 saturated heterocycles. The summed E-state index contributed by atoms with van der Waals surface area (Å²) >= 11 is 0. The van der Waals surface area contributed by atoms with Gasteiger partial charge in [-0.1, -0.05) is 23.8 Å². The van der Waals surface area contributed by atoms with Gasteiger partial charge in [-0.3, -0.25) is 9.69 Å². The first-order chi connectivity index (χ1) is 9.06. The van der Waals surface area contributed by atoms with Gasteiger partial charge >= 0.3 is 0 Å². The quantitative estimate of drug-likeness (QED) is 0.855. The molecule has 1 heterocycles. The van der Waals surface area contributed by atoms with Crippen LogP contribution < -0.4 is 5.56 Å². The zero-order valence-corrected chi connectivity index (χ0v) is 11.6. The minimum atomic E-state index is -0.0729. The molecule has 4 heteroatoms. The average molecular weight is 257 g/mol. The third kappa shape index (κ3) is 3.51. The van der Waals surface area contributed by atoms with Crippen LogP contribution >= 0.6 is 0 Å². The predicted molar refractivity (Wildman–Crippen MR) is 78.1 cm³/mol. The van der Waals surface area contributed by atoms with E-state index in [0.29, 0.717) is 17.8 Å². The second-order valence-corrected chi connectivity index (χ2v) is 5.01. The molecule has 2 aromatic rings. The van der Waals surface area contributed by atoms with E-state index in [4.69, 9.17) is 0 Å². The minimum Gasteiger partial charge on any atom is -0.309 e. The molecule has 19 heavy (non-hydrogen) atoms. The lowest BCUT2D eigenvalue weighted by molar-refractivity contribution is 0.352. The lowest BCUT2D eigenvalue weighted by atomic mass is 10.2. The van der Waals surface area contributed by atoms with E-state index >= 15 is 0 Å². The minimum absolute atomic E-state index is 0.0729. The molecule has 0 aliphatic rings. The molecule has 0 radical (unpaired) electrons. The van der Waals surface area contributed by atoms with Crippen LogP contribution in [0.2, 0.25) is 0 Å². The zero-order valence-electron chi connectivity index (χ0n) is 11.6. The number of rotatable bonds is 4. The first-order valence-corrected chi connectivity index (χ1v) is 6.36. The van der Waals surface area contributed by atoms with Gasteiger partial charge in [0, 0.05) is 6.54 Å². The highest BCUT2D eigenvalue weighted by atomic mass is 16.1. The van der Waals surface area contributed by atoms with Crippen molar-refractivity contribution in [3.05, 3.63) is 52.1 Å². The van der Waals surface area contributed by atoms with Crippen molar-refractivity contribution >= 4 is 10.9 Å².